The number of fused-ring (bicyclic) bond motifs is 1. The highest BCUT2D eigenvalue weighted by Crippen LogP contribution is 2.18. The number of rotatable bonds is 1. The van der Waals surface area contributed by atoms with Crippen molar-refractivity contribution < 1.29 is 4.79 Å². The van der Waals surface area contributed by atoms with E-state index in [1.807, 2.05) is 0 Å². The first-order valence-electron chi connectivity index (χ1n) is 7.81. The number of hydrogen-bond acceptors (Lipinski definition) is 5. The molecule has 1 fully saturated rings. The largest absolute Gasteiger partial charge is 0.338 e. The second-order valence-corrected chi connectivity index (χ2v) is 5.79. The Bertz CT molecular complexity index is 969. The molecular formula is C16H16N6O2. The van der Waals surface area contributed by atoms with E-state index in [-0.39, 0.29) is 6.03 Å². The Kier molecular flexibility index (Phi) is 3.37. The third kappa shape index (κ3) is 2.18. The van der Waals surface area contributed by atoms with Crippen molar-refractivity contribution in [2.45, 2.75) is 12.8 Å². The number of carbonyl (C=O) groups excluding carboxylic acids is 1. The highest BCUT2D eigenvalue weighted by Gasteiger charge is 2.25. The van der Waals surface area contributed by atoms with Crippen LogP contribution in [0.1, 0.15) is 12.8 Å². The summed E-state index contributed by atoms with van der Waals surface area (Å²) in [6.45, 7) is 1.34. The van der Waals surface area contributed by atoms with Gasteiger partial charge in [-0.25, -0.2) is 19.6 Å². The standard InChI is InChI=1S/C16H16N6O2/c1-20-12-10-18-13(11-4-6-17-7-5-11)19-14(12)22(15(20)23)16(24)21-8-2-3-9-21/h4-7,10H,2-3,8-9H2,1H3. The molecule has 1 aliphatic rings. The lowest BCUT2D eigenvalue weighted by Crippen LogP contribution is -2.38. The molecule has 122 valence electrons. The average molecular weight is 324 g/mol. The van der Waals surface area contributed by atoms with Crippen LogP contribution in [0.5, 0.6) is 0 Å². The second kappa shape index (κ2) is 5.55. The number of pyridine rings is 1. The zero-order chi connectivity index (χ0) is 16.7. The van der Waals surface area contributed by atoms with Gasteiger partial charge in [0.1, 0.15) is 5.52 Å². The van der Waals surface area contributed by atoms with Gasteiger partial charge in [-0.3, -0.25) is 9.55 Å². The van der Waals surface area contributed by atoms with Crippen molar-refractivity contribution in [3.8, 4) is 11.4 Å². The summed E-state index contributed by atoms with van der Waals surface area (Å²) in [7, 11) is 1.62. The van der Waals surface area contributed by atoms with E-state index >= 15 is 0 Å². The van der Waals surface area contributed by atoms with E-state index in [2.05, 4.69) is 15.0 Å². The van der Waals surface area contributed by atoms with Gasteiger partial charge >= 0.3 is 11.7 Å². The van der Waals surface area contributed by atoms with Crippen LogP contribution < -0.4 is 5.69 Å². The molecule has 1 saturated heterocycles. The minimum absolute atomic E-state index is 0.317. The summed E-state index contributed by atoms with van der Waals surface area (Å²) >= 11 is 0. The van der Waals surface area contributed by atoms with Crippen molar-refractivity contribution in [2.24, 2.45) is 7.05 Å². The van der Waals surface area contributed by atoms with Gasteiger partial charge in [-0.15, -0.1) is 0 Å². The zero-order valence-corrected chi connectivity index (χ0v) is 13.2. The minimum atomic E-state index is -0.400. The molecule has 0 saturated carbocycles. The Balaban J connectivity index is 1.90. The Labute approximate surface area is 137 Å². The summed E-state index contributed by atoms with van der Waals surface area (Å²) in [6.07, 6.45) is 6.80. The highest BCUT2D eigenvalue weighted by molar-refractivity contribution is 5.87. The molecule has 0 aliphatic carbocycles. The predicted octanol–water partition coefficient (Wildman–Crippen LogP) is 1.26. The molecule has 0 N–H and O–H groups in total. The number of aryl methyl sites for hydroxylation is 1. The maximum atomic E-state index is 12.7. The molecule has 4 heterocycles. The predicted molar refractivity (Wildman–Crippen MR) is 87.6 cm³/mol. The van der Waals surface area contributed by atoms with Crippen molar-refractivity contribution in [2.75, 3.05) is 13.1 Å². The molecule has 3 aromatic heterocycles. The fourth-order valence-corrected chi connectivity index (χ4v) is 2.97. The number of likely N-dealkylation sites (tertiary alicyclic amines) is 1. The Morgan fingerprint density at radius 3 is 2.58 bits per heavy atom. The van der Waals surface area contributed by atoms with Crippen LogP contribution in [0.4, 0.5) is 4.79 Å². The van der Waals surface area contributed by atoms with Crippen LogP contribution in [0.2, 0.25) is 0 Å². The molecule has 1 aliphatic heterocycles. The summed E-state index contributed by atoms with van der Waals surface area (Å²) < 4.78 is 2.55. The lowest BCUT2D eigenvalue weighted by molar-refractivity contribution is 0.210. The van der Waals surface area contributed by atoms with Crippen LogP contribution in [-0.4, -0.2) is 48.1 Å². The molecule has 1 amide bonds. The van der Waals surface area contributed by atoms with Gasteiger partial charge in [0.2, 0.25) is 0 Å². The normalized spacial score (nSPS) is 14.5. The third-order valence-corrected chi connectivity index (χ3v) is 4.31. The quantitative estimate of drug-likeness (QED) is 0.672. The number of hydrogen-bond donors (Lipinski definition) is 0. The lowest BCUT2D eigenvalue weighted by atomic mass is 10.2. The topological polar surface area (TPSA) is 85.9 Å². The first kappa shape index (κ1) is 14.6. The molecule has 0 aromatic carbocycles. The van der Waals surface area contributed by atoms with Crippen LogP contribution in [0.15, 0.2) is 35.5 Å². The number of nitrogens with zero attached hydrogens (tertiary/aromatic N) is 6. The minimum Gasteiger partial charge on any atom is -0.324 e. The molecule has 4 rings (SSSR count). The van der Waals surface area contributed by atoms with Crippen LogP contribution in [0.25, 0.3) is 22.6 Å². The maximum absolute atomic E-state index is 12.7. The third-order valence-electron chi connectivity index (χ3n) is 4.31. The molecule has 8 heteroatoms. The van der Waals surface area contributed by atoms with E-state index < -0.39 is 5.69 Å². The first-order chi connectivity index (χ1) is 11.7. The summed E-state index contributed by atoms with van der Waals surface area (Å²) in [4.78, 5) is 39.7. The molecular weight excluding hydrogens is 308 g/mol. The maximum Gasteiger partial charge on any atom is 0.338 e. The van der Waals surface area contributed by atoms with Crippen molar-refractivity contribution in [1.82, 2.24) is 29.0 Å². The molecule has 0 atom stereocenters. The summed E-state index contributed by atoms with van der Waals surface area (Å²) in [5, 5.41) is 0. The van der Waals surface area contributed by atoms with Gasteiger partial charge < -0.3 is 4.90 Å². The van der Waals surface area contributed by atoms with Gasteiger partial charge in [-0.2, -0.15) is 4.57 Å². The van der Waals surface area contributed by atoms with Gasteiger partial charge in [0.05, 0.1) is 6.20 Å². The van der Waals surface area contributed by atoms with Gasteiger partial charge in [-0.05, 0) is 25.0 Å². The van der Waals surface area contributed by atoms with Crippen molar-refractivity contribution in [1.29, 1.82) is 0 Å². The Morgan fingerprint density at radius 2 is 1.88 bits per heavy atom. The highest BCUT2D eigenvalue weighted by atomic mass is 16.2. The van der Waals surface area contributed by atoms with Crippen LogP contribution in [0, 0.1) is 0 Å². The van der Waals surface area contributed by atoms with Crippen molar-refractivity contribution >= 4 is 17.2 Å². The summed E-state index contributed by atoms with van der Waals surface area (Å²) in [6, 6.07) is 3.26. The Morgan fingerprint density at radius 1 is 1.17 bits per heavy atom. The van der Waals surface area contributed by atoms with E-state index in [1.54, 1.807) is 42.7 Å². The fourth-order valence-electron chi connectivity index (χ4n) is 2.97. The van der Waals surface area contributed by atoms with Gasteiger partial charge in [0, 0.05) is 38.1 Å². The molecule has 0 spiro atoms. The van der Waals surface area contributed by atoms with E-state index in [0.29, 0.717) is 30.1 Å². The summed E-state index contributed by atoms with van der Waals surface area (Å²) in [5.41, 5.74) is 1.25. The molecule has 0 unspecified atom stereocenters. The second-order valence-electron chi connectivity index (χ2n) is 5.79. The number of aromatic nitrogens is 5. The van der Waals surface area contributed by atoms with Crippen LogP contribution in [0.3, 0.4) is 0 Å². The van der Waals surface area contributed by atoms with Crippen molar-refractivity contribution in [3.63, 3.8) is 0 Å². The number of carbonyl (C=O) groups is 1. The molecule has 8 nitrogen and oxygen atoms in total. The SMILES string of the molecule is Cn1c(=O)n(C(=O)N2CCCC2)c2nc(-c3ccncc3)ncc21. The number of imidazole rings is 1. The molecule has 0 radical (unpaired) electrons. The molecule has 0 bridgehead atoms. The molecule has 24 heavy (non-hydrogen) atoms. The smallest absolute Gasteiger partial charge is 0.324 e. The van der Waals surface area contributed by atoms with Crippen LogP contribution in [-0.2, 0) is 7.05 Å². The monoisotopic (exact) mass is 324 g/mol. The average Bonchev–Trinajstić information content (AvgIpc) is 3.23. The van der Waals surface area contributed by atoms with Gasteiger partial charge in [-0.1, -0.05) is 0 Å². The van der Waals surface area contributed by atoms with Crippen LogP contribution >= 0.6 is 0 Å². The molecule has 3 aromatic rings. The lowest BCUT2D eigenvalue weighted by Gasteiger charge is -2.14. The number of amides is 1. The summed E-state index contributed by atoms with van der Waals surface area (Å²) in [5.74, 6) is 0.457. The fraction of sp³-hybridized carbons (Fsp3) is 0.312. The Hall–Kier alpha value is -3.03. The van der Waals surface area contributed by atoms with Gasteiger partial charge in [0.25, 0.3) is 0 Å². The van der Waals surface area contributed by atoms with E-state index in [1.165, 1.54) is 4.57 Å². The van der Waals surface area contributed by atoms with E-state index in [4.69, 9.17) is 0 Å². The van der Waals surface area contributed by atoms with E-state index in [9.17, 15) is 9.59 Å². The van der Waals surface area contributed by atoms with Crippen molar-refractivity contribution in [3.05, 3.63) is 41.2 Å². The zero-order valence-electron chi connectivity index (χ0n) is 13.2. The first-order valence-corrected chi connectivity index (χ1v) is 7.81. The van der Waals surface area contributed by atoms with Gasteiger partial charge in [0.15, 0.2) is 11.5 Å². The van der Waals surface area contributed by atoms with E-state index in [0.717, 1.165) is 23.0 Å².